The Balaban J connectivity index is 1.47. The summed E-state index contributed by atoms with van der Waals surface area (Å²) in [5.74, 6) is 0.785. The van der Waals surface area contributed by atoms with Crippen LogP contribution in [-0.4, -0.2) is 47.2 Å². The van der Waals surface area contributed by atoms with Crippen LogP contribution in [0.15, 0.2) is 29.2 Å². The van der Waals surface area contributed by atoms with Crippen molar-refractivity contribution in [2.45, 2.75) is 36.7 Å². The molecule has 2 fully saturated rings. The highest BCUT2D eigenvalue weighted by Gasteiger charge is 2.26. The van der Waals surface area contributed by atoms with Crippen molar-refractivity contribution >= 4 is 22.5 Å². The van der Waals surface area contributed by atoms with Gasteiger partial charge in [0, 0.05) is 47.3 Å². The predicted molar refractivity (Wildman–Crippen MR) is 91.1 cm³/mol. The largest absolute Gasteiger partial charge is 0.378 e. The minimum Gasteiger partial charge on any atom is -0.378 e. The van der Waals surface area contributed by atoms with E-state index in [2.05, 4.69) is 5.32 Å². The lowest BCUT2D eigenvalue weighted by molar-refractivity contribution is 0.0105. The minimum absolute atomic E-state index is 0.0929. The van der Waals surface area contributed by atoms with Crippen LogP contribution in [-0.2, 0) is 15.5 Å². The number of rotatable bonds is 5. The van der Waals surface area contributed by atoms with Crippen molar-refractivity contribution in [1.29, 1.82) is 0 Å². The van der Waals surface area contributed by atoms with Gasteiger partial charge in [-0.25, -0.2) is 4.79 Å². The zero-order chi connectivity index (χ0) is 16.2. The second kappa shape index (κ2) is 7.45. The quantitative estimate of drug-likeness (QED) is 0.899. The van der Waals surface area contributed by atoms with E-state index in [0.29, 0.717) is 11.8 Å². The number of ether oxygens (including phenoxy) is 1. The van der Waals surface area contributed by atoms with Gasteiger partial charge in [0.25, 0.3) is 0 Å². The number of likely N-dealkylation sites (tertiary alicyclic amines) is 1. The molecule has 1 N–H and O–H groups in total. The first-order chi connectivity index (χ1) is 11.1. The average molecular weight is 336 g/mol. The molecule has 0 radical (unpaired) electrons. The standard InChI is InChI=1S/C17H24N2O3S/c1-23(21)16-4-2-3-14(11-16)18-17(20)19-9-7-15(8-10-19)22-12-13-5-6-13/h2-4,11,13,15H,5-10,12H2,1H3,(H,18,20)/t23-/m1/s1. The van der Waals surface area contributed by atoms with Crippen LogP contribution in [0.2, 0.25) is 0 Å². The Labute approximate surface area is 139 Å². The van der Waals surface area contributed by atoms with E-state index in [1.165, 1.54) is 12.8 Å². The molecule has 5 nitrogen and oxygen atoms in total. The lowest BCUT2D eigenvalue weighted by atomic mass is 10.1. The van der Waals surface area contributed by atoms with Crippen LogP contribution in [0.5, 0.6) is 0 Å². The fourth-order valence-electron chi connectivity index (χ4n) is 2.74. The van der Waals surface area contributed by atoms with Gasteiger partial charge < -0.3 is 15.0 Å². The summed E-state index contributed by atoms with van der Waals surface area (Å²) >= 11 is 0. The number of anilines is 1. The van der Waals surface area contributed by atoms with Crippen LogP contribution in [0.25, 0.3) is 0 Å². The molecule has 1 aliphatic heterocycles. The van der Waals surface area contributed by atoms with Gasteiger partial charge in [0.1, 0.15) is 0 Å². The zero-order valence-electron chi connectivity index (χ0n) is 13.5. The molecule has 1 aliphatic carbocycles. The Kier molecular flexibility index (Phi) is 5.33. The monoisotopic (exact) mass is 336 g/mol. The first-order valence-corrected chi connectivity index (χ1v) is 9.78. The van der Waals surface area contributed by atoms with Crippen molar-refractivity contribution in [2.75, 3.05) is 31.3 Å². The Bertz CT molecular complexity index is 581. The number of hydrogen-bond donors (Lipinski definition) is 1. The van der Waals surface area contributed by atoms with Crippen molar-refractivity contribution in [1.82, 2.24) is 4.90 Å². The Morgan fingerprint density at radius 1 is 1.30 bits per heavy atom. The van der Waals surface area contributed by atoms with Gasteiger partial charge in [-0.1, -0.05) is 6.07 Å². The lowest BCUT2D eigenvalue weighted by Crippen LogP contribution is -2.43. The first kappa shape index (κ1) is 16.5. The number of carbonyl (C=O) groups excluding carboxylic acids is 1. The Hall–Kier alpha value is -1.40. The van der Waals surface area contributed by atoms with E-state index >= 15 is 0 Å². The molecular weight excluding hydrogens is 312 g/mol. The molecule has 3 rings (SSSR count). The van der Waals surface area contributed by atoms with Gasteiger partial charge >= 0.3 is 6.03 Å². The zero-order valence-corrected chi connectivity index (χ0v) is 14.3. The number of nitrogens with zero attached hydrogens (tertiary/aromatic N) is 1. The summed E-state index contributed by atoms with van der Waals surface area (Å²) in [4.78, 5) is 14.9. The molecule has 0 spiro atoms. The van der Waals surface area contributed by atoms with E-state index < -0.39 is 10.8 Å². The molecule has 1 aromatic rings. The molecule has 0 aromatic heterocycles. The number of nitrogens with one attached hydrogen (secondary N) is 1. The van der Waals surface area contributed by atoms with E-state index in [1.807, 2.05) is 17.0 Å². The third-order valence-electron chi connectivity index (χ3n) is 4.41. The third-order valence-corrected chi connectivity index (χ3v) is 5.33. The van der Waals surface area contributed by atoms with Crippen LogP contribution in [0.1, 0.15) is 25.7 Å². The summed E-state index contributed by atoms with van der Waals surface area (Å²) in [6, 6.07) is 7.10. The average Bonchev–Trinajstić information content (AvgIpc) is 3.38. The maximum atomic E-state index is 12.3. The van der Waals surface area contributed by atoms with Crippen LogP contribution >= 0.6 is 0 Å². The summed E-state index contributed by atoms with van der Waals surface area (Å²) in [5.41, 5.74) is 0.690. The van der Waals surface area contributed by atoms with Gasteiger partial charge in [-0.05, 0) is 49.8 Å². The van der Waals surface area contributed by atoms with E-state index in [-0.39, 0.29) is 6.03 Å². The van der Waals surface area contributed by atoms with Crippen molar-refractivity contribution in [3.05, 3.63) is 24.3 Å². The number of urea groups is 1. The molecule has 1 heterocycles. The second-order valence-corrected chi connectivity index (χ2v) is 7.75. The maximum absolute atomic E-state index is 12.3. The fraction of sp³-hybridized carbons (Fsp3) is 0.588. The van der Waals surface area contributed by atoms with Crippen molar-refractivity contribution < 1.29 is 13.7 Å². The molecule has 6 heteroatoms. The first-order valence-electron chi connectivity index (χ1n) is 8.23. The van der Waals surface area contributed by atoms with Gasteiger partial charge in [-0.2, -0.15) is 0 Å². The second-order valence-electron chi connectivity index (χ2n) is 6.38. The highest BCUT2D eigenvalue weighted by atomic mass is 32.2. The number of benzene rings is 1. The number of amides is 2. The molecule has 1 saturated heterocycles. The van der Waals surface area contributed by atoms with Crippen molar-refractivity contribution in [3.63, 3.8) is 0 Å². The van der Waals surface area contributed by atoms with Gasteiger partial charge in [0.15, 0.2) is 0 Å². The molecule has 0 unspecified atom stereocenters. The topological polar surface area (TPSA) is 58.6 Å². The van der Waals surface area contributed by atoms with E-state index in [4.69, 9.17) is 4.74 Å². The lowest BCUT2D eigenvalue weighted by Gasteiger charge is -2.32. The summed E-state index contributed by atoms with van der Waals surface area (Å²) in [6.07, 6.45) is 6.35. The predicted octanol–water partition coefficient (Wildman–Crippen LogP) is 2.85. The summed E-state index contributed by atoms with van der Waals surface area (Å²) in [6.45, 7) is 2.33. The molecule has 2 aliphatic rings. The highest BCUT2D eigenvalue weighted by Crippen LogP contribution is 2.30. The van der Waals surface area contributed by atoms with E-state index in [1.54, 1.807) is 18.4 Å². The van der Waals surface area contributed by atoms with Gasteiger partial charge in [0.05, 0.1) is 6.10 Å². The van der Waals surface area contributed by atoms with Crippen LogP contribution in [0, 0.1) is 5.92 Å². The van der Waals surface area contributed by atoms with Crippen LogP contribution < -0.4 is 5.32 Å². The SMILES string of the molecule is C[S@@](=O)c1cccc(NC(=O)N2CCC(OCC3CC3)CC2)c1. The van der Waals surface area contributed by atoms with Crippen molar-refractivity contribution in [2.24, 2.45) is 5.92 Å². The molecule has 1 saturated carbocycles. The Morgan fingerprint density at radius 2 is 2.04 bits per heavy atom. The highest BCUT2D eigenvalue weighted by molar-refractivity contribution is 7.84. The molecule has 1 atom stereocenters. The van der Waals surface area contributed by atoms with Gasteiger partial charge in [0.2, 0.25) is 0 Å². The number of piperidine rings is 1. The molecule has 1 aromatic carbocycles. The van der Waals surface area contributed by atoms with Crippen molar-refractivity contribution in [3.8, 4) is 0 Å². The third kappa shape index (κ3) is 4.78. The molecule has 126 valence electrons. The maximum Gasteiger partial charge on any atom is 0.321 e. The molecule has 2 amide bonds. The molecule has 0 bridgehead atoms. The van der Waals surface area contributed by atoms with Crippen LogP contribution in [0.3, 0.4) is 0 Å². The number of carbonyl (C=O) groups is 1. The van der Waals surface area contributed by atoms with Gasteiger partial charge in [-0.15, -0.1) is 0 Å². The van der Waals surface area contributed by atoms with E-state index in [9.17, 15) is 9.00 Å². The minimum atomic E-state index is -1.05. The smallest absolute Gasteiger partial charge is 0.321 e. The summed E-state index contributed by atoms with van der Waals surface area (Å²) < 4.78 is 17.4. The van der Waals surface area contributed by atoms with Crippen LogP contribution in [0.4, 0.5) is 10.5 Å². The Morgan fingerprint density at radius 3 is 2.70 bits per heavy atom. The summed E-state index contributed by atoms with van der Waals surface area (Å²) in [7, 11) is -1.05. The molecule has 23 heavy (non-hydrogen) atoms. The summed E-state index contributed by atoms with van der Waals surface area (Å²) in [5, 5.41) is 2.89. The van der Waals surface area contributed by atoms with E-state index in [0.717, 1.165) is 43.4 Å². The normalized spacial score (nSPS) is 20.3. The van der Waals surface area contributed by atoms with Gasteiger partial charge in [-0.3, -0.25) is 4.21 Å². The fourth-order valence-corrected chi connectivity index (χ4v) is 3.30. The molecular formula is C17H24N2O3S. The number of hydrogen-bond acceptors (Lipinski definition) is 3.